The van der Waals surface area contributed by atoms with Gasteiger partial charge in [-0.1, -0.05) is 75.4 Å². The predicted octanol–water partition coefficient (Wildman–Crippen LogP) is 6.06. The number of nitrogens with two attached hydrogens (primary N) is 1. The molecule has 14 heteroatoms. The van der Waals surface area contributed by atoms with Crippen molar-refractivity contribution in [1.29, 1.82) is 0 Å². The zero-order chi connectivity index (χ0) is 42.7. The van der Waals surface area contributed by atoms with Crippen molar-refractivity contribution in [3.8, 4) is 16.9 Å². The number of hydrogen-bond donors (Lipinski definition) is 5. The zero-order valence-corrected chi connectivity index (χ0v) is 35.0. The minimum absolute atomic E-state index is 0.334. The monoisotopic (exact) mass is 817 g/mol. The molecule has 59 heavy (non-hydrogen) atoms. The molecule has 2 atom stereocenters. The Bertz CT molecular complexity index is 1830. The van der Waals surface area contributed by atoms with Crippen molar-refractivity contribution in [3.63, 3.8) is 0 Å². The van der Waals surface area contributed by atoms with Gasteiger partial charge in [-0.25, -0.2) is 4.98 Å². The number of amides is 2. The number of aliphatic carboxylic acids is 1. The Balaban J connectivity index is 0.00000458. The van der Waals surface area contributed by atoms with Crippen LogP contribution in [0.5, 0.6) is 5.75 Å². The van der Waals surface area contributed by atoms with Gasteiger partial charge in [-0.2, -0.15) is 0 Å². The zero-order valence-electron chi connectivity index (χ0n) is 35.0. The van der Waals surface area contributed by atoms with Crippen LogP contribution < -0.4 is 26.4 Å². The maximum absolute atomic E-state index is 12.9. The standard InChI is InChI=1S/C43H57N5O9.C2H6/c1-3-19-53-20-21-54-22-23-55-24-25-56-26-27-57-39-15-14-34(35-7-4-5-8-36(35)39)32-10-12-33(13-11-32)38(29-42(50)51)48-41(49)30-47-43(52)37(44)9-6-17-45-40-28-31(2)16-18-46-40;1-2/h4-5,7-8,10-16,18,28,37-38H,3,6,9,17,19-27,29-30,44H2,1-2H3,(H,45,46)(H,47,52)(H,48,49)(H,50,51);1-2H3. The summed E-state index contributed by atoms with van der Waals surface area (Å²) in [5.41, 5.74) is 9.63. The lowest BCUT2D eigenvalue weighted by atomic mass is 9.95. The summed E-state index contributed by atoms with van der Waals surface area (Å²) >= 11 is 0. The average molecular weight is 818 g/mol. The normalized spacial score (nSPS) is 11.9. The number of aromatic nitrogens is 1. The second-order valence-electron chi connectivity index (χ2n) is 13.4. The molecule has 3 aromatic carbocycles. The van der Waals surface area contributed by atoms with E-state index in [1.165, 1.54) is 0 Å². The highest BCUT2D eigenvalue weighted by molar-refractivity contribution is 6.00. The summed E-state index contributed by atoms with van der Waals surface area (Å²) in [6.07, 6.45) is 3.42. The van der Waals surface area contributed by atoms with E-state index in [2.05, 4.69) is 27.9 Å². The first-order valence-electron chi connectivity index (χ1n) is 20.5. The molecule has 322 valence electrons. The van der Waals surface area contributed by atoms with Crippen molar-refractivity contribution in [2.24, 2.45) is 5.73 Å². The van der Waals surface area contributed by atoms with Crippen LogP contribution in [0, 0.1) is 6.92 Å². The number of rotatable bonds is 28. The van der Waals surface area contributed by atoms with Crippen LogP contribution in [-0.2, 0) is 33.3 Å². The van der Waals surface area contributed by atoms with E-state index in [0.29, 0.717) is 77.8 Å². The van der Waals surface area contributed by atoms with E-state index in [1.54, 1.807) is 18.3 Å². The van der Waals surface area contributed by atoms with Crippen LogP contribution in [0.25, 0.3) is 21.9 Å². The summed E-state index contributed by atoms with van der Waals surface area (Å²) < 4.78 is 28.1. The van der Waals surface area contributed by atoms with Crippen LogP contribution in [0.1, 0.15) is 63.6 Å². The third-order valence-corrected chi connectivity index (χ3v) is 8.85. The molecule has 0 spiro atoms. The van der Waals surface area contributed by atoms with E-state index in [4.69, 9.17) is 29.4 Å². The summed E-state index contributed by atoms with van der Waals surface area (Å²) in [7, 11) is 0. The smallest absolute Gasteiger partial charge is 0.305 e. The van der Waals surface area contributed by atoms with Crippen LogP contribution in [0.4, 0.5) is 5.82 Å². The number of hydrogen-bond acceptors (Lipinski definition) is 11. The molecule has 0 fully saturated rings. The number of ether oxygens (including phenoxy) is 5. The number of carboxylic acid groups (broad SMARTS) is 1. The molecule has 2 unspecified atom stereocenters. The Kier molecular flexibility index (Phi) is 23.2. The molecule has 0 saturated carbocycles. The molecule has 2 amide bonds. The molecule has 0 bridgehead atoms. The lowest BCUT2D eigenvalue weighted by Crippen LogP contribution is -2.45. The quantitative estimate of drug-likeness (QED) is 0.0417. The number of nitrogens with zero attached hydrogens (tertiary/aromatic N) is 1. The molecule has 0 radical (unpaired) electrons. The number of carbonyl (C=O) groups is 3. The van der Waals surface area contributed by atoms with Crippen LogP contribution in [0.3, 0.4) is 0 Å². The molecule has 4 rings (SSSR count). The first-order valence-corrected chi connectivity index (χ1v) is 20.5. The summed E-state index contributed by atoms with van der Waals surface area (Å²) in [4.78, 5) is 41.4. The number of anilines is 1. The molecule has 1 aromatic heterocycles. The van der Waals surface area contributed by atoms with E-state index in [0.717, 1.165) is 52.1 Å². The fourth-order valence-electron chi connectivity index (χ4n) is 5.93. The molecule has 14 nitrogen and oxygen atoms in total. The average Bonchev–Trinajstić information content (AvgIpc) is 3.24. The number of aryl methyl sites for hydroxylation is 1. The van der Waals surface area contributed by atoms with Gasteiger partial charge in [0.1, 0.15) is 18.2 Å². The Morgan fingerprint density at radius 1 is 0.797 bits per heavy atom. The number of nitrogens with one attached hydrogen (secondary N) is 3. The van der Waals surface area contributed by atoms with Gasteiger partial charge in [0.05, 0.1) is 71.3 Å². The molecule has 0 aliphatic rings. The van der Waals surface area contributed by atoms with Crippen LogP contribution in [0.2, 0.25) is 0 Å². The summed E-state index contributed by atoms with van der Waals surface area (Å²) in [5.74, 6) is -0.574. The summed E-state index contributed by atoms with van der Waals surface area (Å²) in [5, 5.41) is 20.1. The molecule has 1 heterocycles. The topological polar surface area (TPSA) is 193 Å². The molecule has 0 aliphatic heterocycles. The molecule has 6 N–H and O–H groups in total. The van der Waals surface area contributed by atoms with E-state index in [1.807, 2.05) is 81.4 Å². The summed E-state index contributed by atoms with van der Waals surface area (Å²) in [6, 6.07) is 21.5. The first-order chi connectivity index (χ1) is 28.7. The van der Waals surface area contributed by atoms with E-state index in [9.17, 15) is 19.5 Å². The number of carbonyl (C=O) groups excluding carboxylic acids is 2. The van der Waals surface area contributed by atoms with Gasteiger partial charge in [-0.15, -0.1) is 0 Å². The fourth-order valence-corrected chi connectivity index (χ4v) is 5.93. The number of benzene rings is 3. The Morgan fingerprint density at radius 3 is 2.05 bits per heavy atom. The lowest BCUT2D eigenvalue weighted by Gasteiger charge is -2.19. The van der Waals surface area contributed by atoms with E-state index in [-0.39, 0.29) is 13.0 Å². The van der Waals surface area contributed by atoms with Crippen molar-refractivity contribution in [2.45, 2.75) is 65.5 Å². The summed E-state index contributed by atoms with van der Waals surface area (Å²) in [6.45, 7) is 12.9. The Morgan fingerprint density at radius 2 is 1.42 bits per heavy atom. The number of carboxylic acids is 1. The van der Waals surface area contributed by atoms with Gasteiger partial charge in [0, 0.05) is 24.7 Å². The fraction of sp³-hybridized carbons (Fsp3) is 0.467. The highest BCUT2D eigenvalue weighted by Gasteiger charge is 2.20. The highest BCUT2D eigenvalue weighted by atomic mass is 16.6. The third-order valence-electron chi connectivity index (χ3n) is 8.85. The van der Waals surface area contributed by atoms with Gasteiger partial charge in [0.15, 0.2) is 0 Å². The minimum atomic E-state index is -1.07. The third kappa shape index (κ3) is 18.1. The number of fused-ring (bicyclic) bond motifs is 1. The van der Waals surface area contributed by atoms with Crippen LogP contribution >= 0.6 is 0 Å². The second-order valence-corrected chi connectivity index (χ2v) is 13.4. The predicted molar refractivity (Wildman–Crippen MR) is 231 cm³/mol. The lowest BCUT2D eigenvalue weighted by molar-refractivity contribution is -0.138. The Labute approximate surface area is 348 Å². The van der Waals surface area contributed by atoms with E-state index < -0.39 is 29.9 Å². The van der Waals surface area contributed by atoms with Crippen LogP contribution in [-0.4, -0.2) is 106 Å². The van der Waals surface area contributed by atoms with Gasteiger partial charge in [0.2, 0.25) is 11.8 Å². The van der Waals surface area contributed by atoms with Gasteiger partial charge in [-0.3, -0.25) is 14.4 Å². The number of pyridine rings is 1. The first kappa shape index (κ1) is 48.3. The van der Waals surface area contributed by atoms with Crippen molar-refractivity contribution < 1.29 is 43.2 Å². The Hall–Kier alpha value is -5.12. The molecule has 0 saturated heterocycles. The van der Waals surface area contributed by atoms with Gasteiger partial charge in [-0.05, 0) is 72.0 Å². The largest absolute Gasteiger partial charge is 0.491 e. The maximum atomic E-state index is 12.9. The van der Waals surface area contributed by atoms with Gasteiger partial charge < -0.3 is 50.5 Å². The molecule has 0 aliphatic carbocycles. The molecular weight excluding hydrogens is 755 g/mol. The second kappa shape index (κ2) is 28.3. The molecular formula is C45H63N5O9. The van der Waals surface area contributed by atoms with Crippen molar-refractivity contribution in [1.82, 2.24) is 15.6 Å². The van der Waals surface area contributed by atoms with E-state index >= 15 is 0 Å². The van der Waals surface area contributed by atoms with Crippen molar-refractivity contribution in [2.75, 3.05) is 77.9 Å². The van der Waals surface area contributed by atoms with Gasteiger partial charge in [0.25, 0.3) is 0 Å². The molecule has 4 aromatic rings. The maximum Gasteiger partial charge on any atom is 0.305 e. The van der Waals surface area contributed by atoms with Crippen molar-refractivity contribution in [3.05, 3.63) is 90.1 Å². The van der Waals surface area contributed by atoms with Crippen LogP contribution in [0.15, 0.2) is 79.0 Å². The van der Waals surface area contributed by atoms with Crippen molar-refractivity contribution >= 4 is 34.4 Å². The van der Waals surface area contributed by atoms with Gasteiger partial charge >= 0.3 is 5.97 Å². The minimum Gasteiger partial charge on any atom is -0.491 e. The SMILES string of the molecule is CC.CCCOCCOCCOCCOCCOc1ccc(-c2ccc(C(CC(=O)O)NC(=O)CNC(=O)C(N)CCCNc3cc(C)ccn3)cc2)c2ccccc12. The highest BCUT2D eigenvalue weighted by Crippen LogP contribution is 2.35.